The van der Waals surface area contributed by atoms with E-state index in [-0.39, 0.29) is 0 Å². The molecule has 0 bridgehead atoms. The molecule has 0 radical (unpaired) electrons. The van der Waals surface area contributed by atoms with Gasteiger partial charge in [-0.1, -0.05) is 13.3 Å². The molecule has 0 saturated heterocycles. The van der Waals surface area contributed by atoms with Crippen LogP contribution in [0.25, 0.3) is 0 Å². The molecule has 16 heavy (non-hydrogen) atoms. The van der Waals surface area contributed by atoms with Crippen molar-refractivity contribution in [2.24, 2.45) is 11.7 Å². The third-order valence-corrected chi connectivity index (χ3v) is 4.45. The predicted molar refractivity (Wildman–Crippen MR) is 68.7 cm³/mol. The fourth-order valence-corrected chi connectivity index (χ4v) is 3.07. The maximum absolute atomic E-state index is 6.04. The molecule has 1 aliphatic carbocycles. The highest BCUT2D eigenvalue weighted by atomic mass is 32.1. The summed E-state index contributed by atoms with van der Waals surface area (Å²) in [6.45, 7) is 4.30. The van der Waals surface area contributed by atoms with Crippen LogP contribution < -0.4 is 11.1 Å². The van der Waals surface area contributed by atoms with Gasteiger partial charge in [0.1, 0.15) is 0 Å². The molecule has 1 saturated carbocycles. The zero-order valence-electron chi connectivity index (χ0n) is 9.86. The van der Waals surface area contributed by atoms with Gasteiger partial charge >= 0.3 is 0 Å². The second-order valence-corrected chi connectivity index (χ2v) is 5.71. The zero-order valence-corrected chi connectivity index (χ0v) is 10.7. The standard InChI is InChI=1S/C12H21N3S/c1-9(12-15-5-6-16-12)7-14-8-10-3-2-4-11(10)13/h5-6,9-11,14H,2-4,7-8,13H2,1H3. The van der Waals surface area contributed by atoms with E-state index in [1.54, 1.807) is 11.3 Å². The second-order valence-electron chi connectivity index (χ2n) is 4.78. The summed E-state index contributed by atoms with van der Waals surface area (Å²) >= 11 is 1.74. The van der Waals surface area contributed by atoms with Crippen LogP contribution in [0.1, 0.15) is 37.1 Å². The van der Waals surface area contributed by atoms with E-state index < -0.39 is 0 Å². The average molecular weight is 239 g/mol. The van der Waals surface area contributed by atoms with E-state index >= 15 is 0 Å². The smallest absolute Gasteiger partial charge is 0.0965 e. The van der Waals surface area contributed by atoms with Gasteiger partial charge in [0.15, 0.2) is 0 Å². The fourth-order valence-electron chi connectivity index (χ4n) is 2.37. The summed E-state index contributed by atoms with van der Waals surface area (Å²) in [6.07, 6.45) is 5.67. The van der Waals surface area contributed by atoms with Crippen LogP contribution in [-0.2, 0) is 0 Å². The van der Waals surface area contributed by atoms with Gasteiger partial charge in [0.05, 0.1) is 5.01 Å². The molecule has 1 heterocycles. The quantitative estimate of drug-likeness (QED) is 0.826. The van der Waals surface area contributed by atoms with Gasteiger partial charge in [-0.05, 0) is 25.3 Å². The first kappa shape index (κ1) is 12.0. The maximum atomic E-state index is 6.04. The highest BCUT2D eigenvalue weighted by molar-refractivity contribution is 7.09. The van der Waals surface area contributed by atoms with E-state index in [1.807, 2.05) is 11.6 Å². The molecule has 3 atom stereocenters. The van der Waals surface area contributed by atoms with Crippen LogP contribution in [0.2, 0.25) is 0 Å². The van der Waals surface area contributed by atoms with Crippen molar-refractivity contribution in [1.82, 2.24) is 10.3 Å². The predicted octanol–water partition coefficient (Wildman–Crippen LogP) is 1.96. The topological polar surface area (TPSA) is 50.9 Å². The van der Waals surface area contributed by atoms with E-state index in [4.69, 9.17) is 5.73 Å². The Bertz CT molecular complexity index is 299. The number of hydrogen-bond acceptors (Lipinski definition) is 4. The lowest BCUT2D eigenvalue weighted by Crippen LogP contribution is -2.34. The lowest BCUT2D eigenvalue weighted by atomic mass is 10.0. The number of rotatable bonds is 5. The Morgan fingerprint density at radius 2 is 2.50 bits per heavy atom. The first-order valence-corrected chi connectivity index (χ1v) is 7.01. The first-order chi connectivity index (χ1) is 7.77. The summed E-state index contributed by atoms with van der Waals surface area (Å²) in [5.41, 5.74) is 6.04. The van der Waals surface area contributed by atoms with Gasteiger partial charge in [0.2, 0.25) is 0 Å². The van der Waals surface area contributed by atoms with Gasteiger partial charge in [-0.15, -0.1) is 11.3 Å². The molecular formula is C12H21N3S. The summed E-state index contributed by atoms with van der Waals surface area (Å²) in [4.78, 5) is 4.34. The van der Waals surface area contributed by atoms with Crippen LogP contribution in [0.3, 0.4) is 0 Å². The summed E-state index contributed by atoms with van der Waals surface area (Å²) in [6, 6.07) is 0.419. The minimum absolute atomic E-state index is 0.419. The normalized spacial score (nSPS) is 27.1. The molecule has 1 aliphatic rings. The Morgan fingerprint density at radius 3 is 3.12 bits per heavy atom. The molecule has 4 heteroatoms. The molecule has 3 unspecified atom stereocenters. The third kappa shape index (κ3) is 3.03. The first-order valence-electron chi connectivity index (χ1n) is 6.13. The molecular weight excluding hydrogens is 218 g/mol. The van der Waals surface area contributed by atoms with E-state index in [2.05, 4.69) is 17.2 Å². The van der Waals surface area contributed by atoms with Crippen LogP contribution in [0.4, 0.5) is 0 Å². The molecule has 1 aromatic rings. The Labute approximate surface area is 101 Å². The third-order valence-electron chi connectivity index (χ3n) is 3.45. The van der Waals surface area contributed by atoms with Gasteiger partial charge in [0.25, 0.3) is 0 Å². The zero-order chi connectivity index (χ0) is 11.4. The molecule has 0 spiro atoms. The highest BCUT2D eigenvalue weighted by Crippen LogP contribution is 2.23. The summed E-state index contributed by atoms with van der Waals surface area (Å²) in [5, 5.41) is 6.80. The van der Waals surface area contributed by atoms with Crippen LogP contribution in [0.15, 0.2) is 11.6 Å². The van der Waals surface area contributed by atoms with Crippen LogP contribution >= 0.6 is 11.3 Å². The monoisotopic (exact) mass is 239 g/mol. The molecule has 3 nitrogen and oxygen atoms in total. The molecule has 0 aliphatic heterocycles. The van der Waals surface area contributed by atoms with Crippen LogP contribution in [0, 0.1) is 5.92 Å². The molecule has 0 amide bonds. The molecule has 90 valence electrons. The van der Waals surface area contributed by atoms with Crippen LogP contribution in [-0.4, -0.2) is 24.1 Å². The lowest BCUT2D eigenvalue weighted by Gasteiger charge is -2.17. The number of nitrogens with zero attached hydrogens (tertiary/aromatic N) is 1. The minimum Gasteiger partial charge on any atom is -0.327 e. The van der Waals surface area contributed by atoms with E-state index in [1.165, 1.54) is 24.3 Å². The Kier molecular flexibility index (Phi) is 4.32. The van der Waals surface area contributed by atoms with Crippen molar-refractivity contribution in [2.45, 2.75) is 38.1 Å². The van der Waals surface area contributed by atoms with Crippen molar-refractivity contribution in [1.29, 1.82) is 0 Å². The number of thiazole rings is 1. The number of nitrogens with two attached hydrogens (primary N) is 1. The Hall–Kier alpha value is -0.450. The van der Waals surface area contributed by atoms with Crippen molar-refractivity contribution >= 4 is 11.3 Å². The van der Waals surface area contributed by atoms with E-state index in [0.717, 1.165) is 13.1 Å². The van der Waals surface area contributed by atoms with Crippen molar-refractivity contribution in [2.75, 3.05) is 13.1 Å². The summed E-state index contributed by atoms with van der Waals surface area (Å²) < 4.78 is 0. The number of hydrogen-bond donors (Lipinski definition) is 2. The fraction of sp³-hybridized carbons (Fsp3) is 0.750. The molecule has 0 aromatic carbocycles. The van der Waals surface area contributed by atoms with Gasteiger partial charge in [-0.25, -0.2) is 4.98 Å². The summed E-state index contributed by atoms with van der Waals surface area (Å²) in [7, 11) is 0. The minimum atomic E-state index is 0.419. The Balaban J connectivity index is 1.68. The SMILES string of the molecule is CC(CNCC1CCCC1N)c1nccs1. The highest BCUT2D eigenvalue weighted by Gasteiger charge is 2.23. The van der Waals surface area contributed by atoms with Crippen molar-refractivity contribution in [3.8, 4) is 0 Å². The Morgan fingerprint density at radius 1 is 1.62 bits per heavy atom. The molecule has 1 fully saturated rings. The molecule has 2 rings (SSSR count). The lowest BCUT2D eigenvalue weighted by molar-refractivity contribution is 0.435. The van der Waals surface area contributed by atoms with Gasteiger partial charge in [-0.3, -0.25) is 0 Å². The van der Waals surface area contributed by atoms with Gasteiger partial charge < -0.3 is 11.1 Å². The van der Waals surface area contributed by atoms with Crippen molar-refractivity contribution < 1.29 is 0 Å². The van der Waals surface area contributed by atoms with Crippen molar-refractivity contribution in [3.63, 3.8) is 0 Å². The van der Waals surface area contributed by atoms with Gasteiger partial charge in [-0.2, -0.15) is 0 Å². The second kappa shape index (κ2) is 5.75. The largest absolute Gasteiger partial charge is 0.327 e. The van der Waals surface area contributed by atoms with E-state index in [0.29, 0.717) is 17.9 Å². The van der Waals surface area contributed by atoms with Gasteiger partial charge in [0, 0.05) is 30.1 Å². The van der Waals surface area contributed by atoms with E-state index in [9.17, 15) is 0 Å². The number of aromatic nitrogens is 1. The summed E-state index contributed by atoms with van der Waals surface area (Å²) in [5.74, 6) is 1.20. The maximum Gasteiger partial charge on any atom is 0.0965 e. The number of nitrogens with one attached hydrogen (secondary N) is 1. The van der Waals surface area contributed by atoms with Crippen LogP contribution in [0.5, 0.6) is 0 Å². The van der Waals surface area contributed by atoms with Crippen molar-refractivity contribution in [3.05, 3.63) is 16.6 Å². The molecule has 1 aromatic heterocycles. The average Bonchev–Trinajstić information content (AvgIpc) is 2.90. The molecule has 3 N–H and O–H groups in total.